The summed E-state index contributed by atoms with van der Waals surface area (Å²) in [7, 11) is 3.89. The first-order chi connectivity index (χ1) is 7.13. The van der Waals surface area contributed by atoms with Gasteiger partial charge in [0.1, 0.15) is 5.75 Å². The number of methoxy groups -OCH3 is 1. The molecule has 0 bridgehead atoms. The van der Waals surface area contributed by atoms with Gasteiger partial charge in [0, 0.05) is 12.6 Å². The number of fused-ring (bicyclic) bond motifs is 1. The van der Waals surface area contributed by atoms with Crippen LogP contribution in [0.1, 0.15) is 24.1 Å². The topological polar surface area (TPSA) is 12.5 Å². The molecule has 0 spiro atoms. The molecule has 1 aliphatic rings. The van der Waals surface area contributed by atoms with Crippen LogP contribution in [-0.4, -0.2) is 25.6 Å². The minimum atomic E-state index is 0.496. The Morgan fingerprint density at radius 2 is 2.20 bits per heavy atom. The minimum absolute atomic E-state index is 0.496. The van der Waals surface area contributed by atoms with E-state index in [1.165, 1.54) is 11.1 Å². The average molecular weight is 270 g/mol. The van der Waals surface area contributed by atoms with Crippen LogP contribution in [-0.2, 0) is 6.42 Å². The lowest BCUT2D eigenvalue weighted by Gasteiger charge is -2.32. The second-order valence-corrected chi connectivity index (χ2v) is 4.95. The Kier molecular flexibility index (Phi) is 3.03. The summed E-state index contributed by atoms with van der Waals surface area (Å²) in [6, 6.07) is 4.84. The van der Waals surface area contributed by atoms with Crippen LogP contribution in [0.15, 0.2) is 16.6 Å². The number of ether oxygens (including phenoxy) is 1. The fourth-order valence-corrected chi connectivity index (χ4v) is 2.62. The average Bonchev–Trinajstić information content (AvgIpc) is 2.24. The molecule has 0 unspecified atom stereocenters. The van der Waals surface area contributed by atoms with E-state index < -0.39 is 0 Å². The zero-order chi connectivity index (χ0) is 11.0. The third-order valence-electron chi connectivity index (χ3n) is 3.26. The van der Waals surface area contributed by atoms with Crippen LogP contribution in [0.3, 0.4) is 0 Å². The summed E-state index contributed by atoms with van der Waals surface area (Å²) in [5, 5.41) is 0. The molecule has 0 radical (unpaired) electrons. The van der Waals surface area contributed by atoms with Gasteiger partial charge in [0.2, 0.25) is 0 Å². The van der Waals surface area contributed by atoms with Crippen LogP contribution in [0.5, 0.6) is 5.75 Å². The Labute approximate surface area is 99.4 Å². The summed E-state index contributed by atoms with van der Waals surface area (Å²) in [5.41, 5.74) is 2.83. The Bertz CT molecular complexity index is 378. The smallest absolute Gasteiger partial charge is 0.133 e. The van der Waals surface area contributed by atoms with Crippen molar-refractivity contribution in [3.05, 3.63) is 27.7 Å². The van der Waals surface area contributed by atoms with Gasteiger partial charge in [-0.05, 0) is 59.6 Å². The Morgan fingerprint density at radius 3 is 2.87 bits per heavy atom. The molecule has 2 rings (SSSR count). The molecule has 0 saturated carbocycles. The van der Waals surface area contributed by atoms with Gasteiger partial charge < -0.3 is 4.74 Å². The molecule has 3 heteroatoms. The van der Waals surface area contributed by atoms with Crippen molar-refractivity contribution in [2.24, 2.45) is 0 Å². The Hall–Kier alpha value is -0.540. The number of rotatable bonds is 1. The Morgan fingerprint density at radius 1 is 1.47 bits per heavy atom. The van der Waals surface area contributed by atoms with Gasteiger partial charge in [-0.1, -0.05) is 0 Å². The lowest BCUT2D eigenvalue weighted by atomic mass is 9.94. The van der Waals surface area contributed by atoms with Crippen LogP contribution < -0.4 is 4.74 Å². The third-order valence-corrected chi connectivity index (χ3v) is 3.88. The molecular formula is C12H16BrNO. The van der Waals surface area contributed by atoms with Crippen LogP contribution in [0.2, 0.25) is 0 Å². The quantitative estimate of drug-likeness (QED) is 0.777. The highest BCUT2D eigenvalue weighted by Gasteiger charge is 2.22. The number of nitrogens with zero attached hydrogens (tertiary/aromatic N) is 1. The van der Waals surface area contributed by atoms with Crippen molar-refractivity contribution < 1.29 is 4.74 Å². The van der Waals surface area contributed by atoms with Gasteiger partial charge in [-0.2, -0.15) is 0 Å². The van der Waals surface area contributed by atoms with E-state index in [0.717, 1.165) is 23.2 Å². The summed E-state index contributed by atoms with van der Waals surface area (Å²) in [6.45, 7) is 3.37. The van der Waals surface area contributed by atoms with Crippen molar-refractivity contribution >= 4 is 15.9 Å². The molecule has 0 amide bonds. The fraction of sp³-hybridized carbons (Fsp3) is 0.500. The van der Waals surface area contributed by atoms with Gasteiger partial charge in [-0.3, -0.25) is 4.90 Å². The fourth-order valence-electron chi connectivity index (χ4n) is 2.10. The van der Waals surface area contributed by atoms with Gasteiger partial charge in [0.15, 0.2) is 0 Å². The summed E-state index contributed by atoms with van der Waals surface area (Å²) in [5.74, 6) is 0.936. The maximum Gasteiger partial charge on any atom is 0.133 e. The third kappa shape index (κ3) is 1.91. The number of hydrogen-bond donors (Lipinski definition) is 0. The summed E-state index contributed by atoms with van der Waals surface area (Å²) in [4.78, 5) is 2.38. The Balaban J connectivity index is 2.47. The molecule has 0 aliphatic carbocycles. The maximum atomic E-state index is 5.31. The van der Waals surface area contributed by atoms with E-state index in [9.17, 15) is 0 Å². The van der Waals surface area contributed by atoms with E-state index in [0.29, 0.717) is 6.04 Å². The molecule has 82 valence electrons. The number of hydrogen-bond acceptors (Lipinski definition) is 2. The van der Waals surface area contributed by atoms with Crippen molar-refractivity contribution in [1.82, 2.24) is 4.90 Å². The molecule has 1 atom stereocenters. The lowest BCUT2D eigenvalue weighted by molar-refractivity contribution is 0.247. The zero-order valence-electron chi connectivity index (χ0n) is 9.38. The molecule has 0 aromatic heterocycles. The van der Waals surface area contributed by atoms with E-state index in [2.05, 4.69) is 46.9 Å². The molecule has 1 aromatic carbocycles. The van der Waals surface area contributed by atoms with Crippen molar-refractivity contribution in [1.29, 1.82) is 0 Å². The largest absolute Gasteiger partial charge is 0.496 e. The summed E-state index contributed by atoms with van der Waals surface area (Å²) >= 11 is 3.54. The van der Waals surface area contributed by atoms with Crippen molar-refractivity contribution in [2.45, 2.75) is 19.4 Å². The van der Waals surface area contributed by atoms with Gasteiger partial charge in [-0.25, -0.2) is 0 Å². The number of likely N-dealkylation sites (N-methyl/N-ethyl adjacent to an activating group) is 1. The molecule has 1 aromatic rings. The molecule has 2 nitrogen and oxygen atoms in total. The molecular weight excluding hydrogens is 254 g/mol. The normalized spacial score (nSPS) is 21.2. The molecule has 0 saturated heterocycles. The predicted octanol–water partition coefficient (Wildman–Crippen LogP) is 3.01. The van der Waals surface area contributed by atoms with Crippen molar-refractivity contribution in [2.75, 3.05) is 20.7 Å². The monoisotopic (exact) mass is 269 g/mol. The highest BCUT2D eigenvalue weighted by molar-refractivity contribution is 9.10. The molecule has 1 heterocycles. The predicted molar refractivity (Wildman–Crippen MR) is 65.4 cm³/mol. The van der Waals surface area contributed by atoms with E-state index >= 15 is 0 Å². The molecule has 0 fully saturated rings. The molecule has 15 heavy (non-hydrogen) atoms. The standard InChI is InChI=1S/C12H16BrNO/c1-8-10-7-11(13)12(15-3)6-9(10)4-5-14(8)2/h6-8H,4-5H2,1-3H3/t8-/m1/s1. The second-order valence-electron chi connectivity index (χ2n) is 4.09. The van der Waals surface area contributed by atoms with Gasteiger partial charge in [0.05, 0.1) is 11.6 Å². The maximum absolute atomic E-state index is 5.31. The van der Waals surface area contributed by atoms with Gasteiger partial charge in [0.25, 0.3) is 0 Å². The van der Waals surface area contributed by atoms with Crippen LogP contribution in [0.25, 0.3) is 0 Å². The van der Waals surface area contributed by atoms with Crippen LogP contribution in [0, 0.1) is 0 Å². The van der Waals surface area contributed by atoms with Crippen molar-refractivity contribution in [3.8, 4) is 5.75 Å². The first kappa shape index (κ1) is 11.0. The van der Waals surface area contributed by atoms with E-state index in [1.807, 2.05) is 0 Å². The van der Waals surface area contributed by atoms with Gasteiger partial charge >= 0.3 is 0 Å². The number of benzene rings is 1. The molecule has 1 aliphatic heterocycles. The summed E-state index contributed by atoms with van der Waals surface area (Å²) in [6.07, 6.45) is 1.11. The SMILES string of the molecule is COc1cc2c(cc1Br)[C@@H](C)N(C)CC2. The number of halogens is 1. The van der Waals surface area contributed by atoms with Crippen LogP contribution >= 0.6 is 15.9 Å². The van der Waals surface area contributed by atoms with Crippen molar-refractivity contribution in [3.63, 3.8) is 0 Å². The first-order valence-corrected chi connectivity index (χ1v) is 5.99. The highest BCUT2D eigenvalue weighted by atomic mass is 79.9. The van der Waals surface area contributed by atoms with Crippen LogP contribution in [0.4, 0.5) is 0 Å². The summed E-state index contributed by atoms with van der Waals surface area (Å²) < 4.78 is 6.36. The van der Waals surface area contributed by atoms with E-state index in [-0.39, 0.29) is 0 Å². The minimum Gasteiger partial charge on any atom is -0.496 e. The zero-order valence-corrected chi connectivity index (χ0v) is 11.0. The molecule has 0 N–H and O–H groups in total. The first-order valence-electron chi connectivity index (χ1n) is 5.20. The lowest BCUT2D eigenvalue weighted by Crippen LogP contribution is -2.30. The highest BCUT2D eigenvalue weighted by Crippen LogP contribution is 2.35. The second kappa shape index (κ2) is 4.14. The van der Waals surface area contributed by atoms with E-state index in [1.54, 1.807) is 7.11 Å². The van der Waals surface area contributed by atoms with E-state index in [4.69, 9.17) is 4.74 Å². The van der Waals surface area contributed by atoms with Gasteiger partial charge in [-0.15, -0.1) is 0 Å².